The molecule has 0 aliphatic rings. The highest BCUT2D eigenvalue weighted by Crippen LogP contribution is 2.38. The number of hydrogen-bond donors (Lipinski definition) is 1. The molecule has 0 aliphatic heterocycles. The van der Waals surface area contributed by atoms with Gasteiger partial charge in [0.2, 0.25) is 5.88 Å². The van der Waals surface area contributed by atoms with Gasteiger partial charge >= 0.3 is 5.91 Å². The van der Waals surface area contributed by atoms with Crippen LogP contribution in [0.25, 0.3) is 10.9 Å². The van der Waals surface area contributed by atoms with Crippen molar-refractivity contribution < 1.29 is 9.90 Å². The number of hydrogen-bond acceptors (Lipinski definition) is 4. The van der Waals surface area contributed by atoms with E-state index in [1.165, 1.54) is 6.20 Å². The average Bonchev–Trinajstić information content (AvgIpc) is 2.86. The minimum absolute atomic E-state index is 0.0191. The Labute approximate surface area is 133 Å². The molecule has 2 heterocycles. The minimum Gasteiger partial charge on any atom is -0.493 e. The number of azo groups is 1. The van der Waals surface area contributed by atoms with E-state index >= 15 is 0 Å². The molecule has 0 atom stereocenters. The second-order valence-corrected chi connectivity index (χ2v) is 5.06. The summed E-state index contributed by atoms with van der Waals surface area (Å²) in [5, 5.41) is 18.8. The van der Waals surface area contributed by atoms with E-state index in [9.17, 15) is 9.90 Å². The summed E-state index contributed by atoms with van der Waals surface area (Å²) in [6, 6.07) is 12.5. The molecule has 2 aromatic heterocycles. The normalized spacial score (nSPS) is 11.3. The van der Waals surface area contributed by atoms with Crippen LogP contribution in [-0.2, 0) is 6.54 Å². The van der Waals surface area contributed by atoms with Crippen molar-refractivity contribution in [3.63, 3.8) is 0 Å². The first-order valence-corrected chi connectivity index (χ1v) is 7.39. The SMILES string of the molecule is CCCn1c(O)c(N=NC(=O)c2ccccn2)c2ccccc21. The van der Waals surface area contributed by atoms with Crippen LogP contribution in [0, 0.1) is 0 Å². The van der Waals surface area contributed by atoms with Crippen LogP contribution in [0.15, 0.2) is 58.9 Å². The number of aromatic hydroxyl groups is 1. The third-order valence-corrected chi connectivity index (χ3v) is 3.49. The first-order valence-electron chi connectivity index (χ1n) is 7.39. The summed E-state index contributed by atoms with van der Waals surface area (Å²) in [4.78, 5) is 15.9. The fourth-order valence-electron chi connectivity index (χ4n) is 2.46. The van der Waals surface area contributed by atoms with E-state index in [1.54, 1.807) is 22.8 Å². The molecule has 116 valence electrons. The van der Waals surface area contributed by atoms with Gasteiger partial charge in [0.1, 0.15) is 5.69 Å². The highest BCUT2D eigenvalue weighted by Gasteiger charge is 2.16. The average molecular weight is 308 g/mol. The number of nitrogens with zero attached hydrogens (tertiary/aromatic N) is 4. The number of aryl methyl sites for hydroxylation is 1. The highest BCUT2D eigenvalue weighted by atomic mass is 16.3. The van der Waals surface area contributed by atoms with Gasteiger partial charge in [0.15, 0.2) is 5.69 Å². The Bertz CT molecular complexity index is 869. The molecule has 6 nitrogen and oxygen atoms in total. The summed E-state index contributed by atoms with van der Waals surface area (Å²) < 4.78 is 1.77. The number of carbonyl (C=O) groups excluding carboxylic acids is 1. The van der Waals surface area contributed by atoms with Crippen LogP contribution < -0.4 is 0 Å². The van der Waals surface area contributed by atoms with Gasteiger partial charge in [0.25, 0.3) is 0 Å². The maximum Gasteiger partial charge on any atom is 0.313 e. The van der Waals surface area contributed by atoms with Gasteiger partial charge in [-0.15, -0.1) is 10.2 Å². The van der Waals surface area contributed by atoms with Crippen LogP contribution in [0.2, 0.25) is 0 Å². The second-order valence-electron chi connectivity index (χ2n) is 5.06. The molecule has 0 unspecified atom stereocenters. The lowest BCUT2D eigenvalue weighted by Crippen LogP contribution is -1.96. The van der Waals surface area contributed by atoms with Crippen LogP contribution in [0.3, 0.4) is 0 Å². The van der Waals surface area contributed by atoms with Crippen LogP contribution in [-0.4, -0.2) is 20.6 Å². The van der Waals surface area contributed by atoms with Crippen molar-refractivity contribution in [3.8, 4) is 5.88 Å². The number of pyridine rings is 1. The largest absolute Gasteiger partial charge is 0.493 e. The van der Waals surface area contributed by atoms with E-state index in [-0.39, 0.29) is 11.6 Å². The summed E-state index contributed by atoms with van der Waals surface area (Å²) in [6.07, 6.45) is 2.39. The van der Waals surface area contributed by atoms with Gasteiger partial charge in [-0.25, -0.2) is 0 Å². The molecule has 3 rings (SSSR count). The Balaban J connectivity index is 2.01. The molecule has 0 bridgehead atoms. The van der Waals surface area contributed by atoms with Gasteiger partial charge in [-0.05, 0) is 24.6 Å². The lowest BCUT2D eigenvalue weighted by molar-refractivity contribution is 0.0990. The predicted octanol–water partition coefficient (Wildman–Crippen LogP) is 4.08. The molecular weight excluding hydrogens is 292 g/mol. The Morgan fingerprint density at radius 1 is 1.22 bits per heavy atom. The summed E-state index contributed by atoms with van der Waals surface area (Å²) in [7, 11) is 0. The number of rotatable bonds is 4. The highest BCUT2D eigenvalue weighted by molar-refractivity contribution is 5.96. The van der Waals surface area contributed by atoms with Gasteiger partial charge in [-0.3, -0.25) is 9.78 Å². The van der Waals surface area contributed by atoms with Crippen LogP contribution in [0.5, 0.6) is 5.88 Å². The Morgan fingerprint density at radius 3 is 2.74 bits per heavy atom. The third-order valence-electron chi connectivity index (χ3n) is 3.49. The topological polar surface area (TPSA) is 79.8 Å². The number of amides is 1. The number of para-hydroxylation sites is 1. The Hall–Kier alpha value is -3.02. The molecule has 23 heavy (non-hydrogen) atoms. The predicted molar refractivity (Wildman–Crippen MR) is 87.0 cm³/mol. The second kappa shape index (κ2) is 6.39. The van der Waals surface area contributed by atoms with E-state index in [4.69, 9.17) is 0 Å². The van der Waals surface area contributed by atoms with Crippen LogP contribution in [0.4, 0.5) is 5.69 Å². The van der Waals surface area contributed by atoms with E-state index in [0.717, 1.165) is 17.3 Å². The number of carbonyl (C=O) groups is 1. The number of benzene rings is 1. The van der Waals surface area contributed by atoms with Crippen molar-refractivity contribution in [2.45, 2.75) is 19.9 Å². The van der Waals surface area contributed by atoms with Gasteiger partial charge in [0.05, 0.1) is 5.52 Å². The lowest BCUT2D eigenvalue weighted by Gasteiger charge is -2.03. The van der Waals surface area contributed by atoms with Crippen molar-refractivity contribution in [2.24, 2.45) is 10.2 Å². The summed E-state index contributed by atoms with van der Waals surface area (Å²) in [6.45, 7) is 2.69. The van der Waals surface area contributed by atoms with E-state index in [2.05, 4.69) is 15.2 Å². The molecule has 1 amide bonds. The molecule has 0 radical (unpaired) electrons. The smallest absolute Gasteiger partial charge is 0.313 e. The van der Waals surface area contributed by atoms with Gasteiger partial charge in [0, 0.05) is 18.1 Å². The van der Waals surface area contributed by atoms with Gasteiger partial charge < -0.3 is 9.67 Å². The number of aromatic nitrogens is 2. The molecule has 0 aliphatic carbocycles. The van der Waals surface area contributed by atoms with Crippen molar-refractivity contribution in [1.29, 1.82) is 0 Å². The lowest BCUT2D eigenvalue weighted by atomic mass is 10.2. The van der Waals surface area contributed by atoms with E-state index < -0.39 is 5.91 Å². The molecule has 0 saturated heterocycles. The van der Waals surface area contributed by atoms with Gasteiger partial charge in [-0.1, -0.05) is 31.2 Å². The fourth-order valence-corrected chi connectivity index (χ4v) is 2.46. The Morgan fingerprint density at radius 2 is 2.00 bits per heavy atom. The molecular formula is C17H16N4O2. The quantitative estimate of drug-likeness (QED) is 0.737. The molecule has 0 spiro atoms. The summed E-state index contributed by atoms with van der Waals surface area (Å²) in [5.41, 5.74) is 1.39. The van der Waals surface area contributed by atoms with Crippen LogP contribution in [0.1, 0.15) is 23.8 Å². The zero-order valence-electron chi connectivity index (χ0n) is 12.7. The van der Waals surface area contributed by atoms with Crippen molar-refractivity contribution in [1.82, 2.24) is 9.55 Å². The molecule has 1 aromatic carbocycles. The van der Waals surface area contributed by atoms with Crippen LogP contribution >= 0.6 is 0 Å². The summed E-state index contributed by atoms with van der Waals surface area (Å²) >= 11 is 0. The Kier molecular flexibility index (Phi) is 4.14. The summed E-state index contributed by atoms with van der Waals surface area (Å²) in [5.74, 6) is -0.525. The van der Waals surface area contributed by atoms with Crippen molar-refractivity contribution >= 4 is 22.5 Å². The van der Waals surface area contributed by atoms with Crippen molar-refractivity contribution in [2.75, 3.05) is 0 Å². The first-order chi connectivity index (χ1) is 11.2. The molecule has 3 aromatic rings. The third kappa shape index (κ3) is 2.83. The maximum atomic E-state index is 12.0. The molecule has 6 heteroatoms. The zero-order valence-corrected chi connectivity index (χ0v) is 12.7. The molecule has 0 saturated carbocycles. The number of fused-ring (bicyclic) bond motifs is 1. The molecule has 0 fully saturated rings. The zero-order chi connectivity index (χ0) is 16.2. The van der Waals surface area contributed by atoms with Gasteiger partial charge in [-0.2, -0.15) is 0 Å². The minimum atomic E-state index is -0.544. The van der Waals surface area contributed by atoms with Crippen molar-refractivity contribution in [3.05, 3.63) is 54.4 Å². The standard InChI is InChI=1S/C17H16N4O2/c1-2-11-21-14-9-4-3-7-12(14)15(17(21)23)19-20-16(22)13-8-5-6-10-18-13/h3-10,23H,2,11H2,1H3. The molecule has 1 N–H and O–H groups in total. The van der Waals surface area contributed by atoms with E-state index in [0.29, 0.717) is 12.2 Å². The first kappa shape index (κ1) is 14.9. The fraction of sp³-hybridized carbons (Fsp3) is 0.176. The van der Waals surface area contributed by atoms with E-state index in [1.807, 2.05) is 31.2 Å². The monoisotopic (exact) mass is 308 g/mol. The maximum absolute atomic E-state index is 12.0.